The first-order valence-electron chi connectivity index (χ1n) is 8.54. The van der Waals surface area contributed by atoms with Gasteiger partial charge in [-0.15, -0.1) is 0 Å². The summed E-state index contributed by atoms with van der Waals surface area (Å²) < 4.78 is 10.7. The van der Waals surface area contributed by atoms with Crippen LogP contribution in [-0.2, 0) is 16.1 Å². The molecule has 2 N–H and O–H groups in total. The van der Waals surface area contributed by atoms with Gasteiger partial charge in [-0.2, -0.15) is 0 Å². The highest BCUT2D eigenvalue weighted by Gasteiger charge is 2.34. The van der Waals surface area contributed by atoms with Crippen LogP contribution >= 0.6 is 0 Å². The fraction of sp³-hybridized carbons (Fsp3) is 0.316. The number of nitrogen functional groups attached to an aromatic ring is 1. The summed E-state index contributed by atoms with van der Waals surface area (Å²) in [5.74, 6) is 0.737. The van der Waals surface area contributed by atoms with Gasteiger partial charge in [0.05, 0.1) is 18.7 Å². The fourth-order valence-corrected chi connectivity index (χ4v) is 2.77. The molecule has 2 heterocycles. The van der Waals surface area contributed by atoms with E-state index < -0.39 is 6.10 Å². The predicted octanol–water partition coefficient (Wildman–Crippen LogP) is 2.54. The molecule has 0 bridgehead atoms. The summed E-state index contributed by atoms with van der Waals surface area (Å²) in [5.41, 5.74) is 7.11. The van der Waals surface area contributed by atoms with Crippen molar-refractivity contribution in [1.82, 2.24) is 4.98 Å². The van der Waals surface area contributed by atoms with Gasteiger partial charge in [0.25, 0.3) is 5.91 Å². The monoisotopic (exact) mass is 355 g/mol. The van der Waals surface area contributed by atoms with E-state index in [1.54, 1.807) is 48.2 Å². The topological polar surface area (TPSA) is 94.8 Å². The Morgan fingerprint density at radius 3 is 2.62 bits per heavy atom. The first-order valence-corrected chi connectivity index (χ1v) is 8.54. The van der Waals surface area contributed by atoms with Crippen LogP contribution in [0.5, 0.6) is 5.75 Å². The summed E-state index contributed by atoms with van der Waals surface area (Å²) in [6.45, 7) is 4.29. The zero-order valence-electron chi connectivity index (χ0n) is 14.8. The third-order valence-corrected chi connectivity index (χ3v) is 4.10. The van der Waals surface area contributed by atoms with Crippen molar-refractivity contribution < 1.29 is 19.1 Å². The number of aromatic nitrogens is 1. The maximum absolute atomic E-state index is 12.7. The number of anilines is 2. The van der Waals surface area contributed by atoms with Gasteiger partial charge in [-0.3, -0.25) is 9.69 Å². The lowest BCUT2D eigenvalue weighted by molar-refractivity contribution is -0.126. The second-order valence-electron chi connectivity index (χ2n) is 5.91. The lowest BCUT2D eigenvalue weighted by Gasteiger charge is -2.33. The van der Waals surface area contributed by atoms with Crippen molar-refractivity contribution in [3.8, 4) is 5.75 Å². The van der Waals surface area contributed by atoms with Crippen molar-refractivity contribution in [3.63, 3.8) is 0 Å². The van der Waals surface area contributed by atoms with Crippen LogP contribution in [0, 0.1) is 0 Å². The summed E-state index contributed by atoms with van der Waals surface area (Å²) in [4.78, 5) is 30.3. The lowest BCUT2D eigenvalue weighted by atomic mass is 10.1. The Balaban J connectivity index is 1.87. The molecule has 1 amide bonds. The molecule has 0 saturated carbocycles. The normalized spacial score (nSPS) is 16.0. The number of fused-ring (bicyclic) bond motifs is 1. The Hall–Kier alpha value is -3.09. The molecule has 0 saturated heterocycles. The van der Waals surface area contributed by atoms with Gasteiger partial charge in [0.15, 0.2) is 17.7 Å². The average molecular weight is 355 g/mol. The molecule has 0 radical (unpaired) electrons. The molecule has 136 valence electrons. The van der Waals surface area contributed by atoms with E-state index in [1.807, 2.05) is 6.92 Å². The number of nitrogens with zero attached hydrogens (tertiary/aromatic N) is 2. The molecule has 1 unspecified atom stereocenters. The molecule has 26 heavy (non-hydrogen) atoms. The SMILES string of the molecule is CCOC(=O)c1ccc(CN2C(=O)C(CC)Oc3ccc(N)nc32)cc1. The van der Waals surface area contributed by atoms with E-state index in [2.05, 4.69) is 4.98 Å². The number of amides is 1. The van der Waals surface area contributed by atoms with Crippen molar-refractivity contribution in [3.05, 3.63) is 47.5 Å². The molecule has 1 atom stereocenters. The van der Waals surface area contributed by atoms with Gasteiger partial charge in [-0.25, -0.2) is 9.78 Å². The van der Waals surface area contributed by atoms with Crippen LogP contribution in [0.15, 0.2) is 36.4 Å². The van der Waals surface area contributed by atoms with E-state index in [9.17, 15) is 9.59 Å². The first-order chi connectivity index (χ1) is 12.5. The molecule has 1 aliphatic rings. The third kappa shape index (κ3) is 3.46. The molecular formula is C19H21N3O4. The van der Waals surface area contributed by atoms with Gasteiger partial charge >= 0.3 is 5.97 Å². The van der Waals surface area contributed by atoms with Crippen molar-refractivity contribution >= 4 is 23.5 Å². The van der Waals surface area contributed by atoms with Crippen LogP contribution in [0.4, 0.5) is 11.6 Å². The zero-order valence-corrected chi connectivity index (χ0v) is 14.8. The second-order valence-corrected chi connectivity index (χ2v) is 5.91. The minimum absolute atomic E-state index is 0.160. The highest BCUT2D eigenvalue weighted by molar-refractivity contribution is 5.99. The molecule has 1 aromatic carbocycles. The number of hydrogen-bond acceptors (Lipinski definition) is 6. The van der Waals surface area contributed by atoms with Crippen LogP contribution in [0.25, 0.3) is 0 Å². The number of nitrogens with two attached hydrogens (primary N) is 1. The number of esters is 1. The third-order valence-electron chi connectivity index (χ3n) is 4.10. The Morgan fingerprint density at radius 1 is 1.23 bits per heavy atom. The van der Waals surface area contributed by atoms with Gasteiger partial charge in [-0.1, -0.05) is 19.1 Å². The largest absolute Gasteiger partial charge is 0.477 e. The van der Waals surface area contributed by atoms with Crippen molar-refractivity contribution in [2.24, 2.45) is 0 Å². The molecule has 0 fully saturated rings. The maximum Gasteiger partial charge on any atom is 0.338 e. The van der Waals surface area contributed by atoms with Gasteiger partial charge in [-0.05, 0) is 43.2 Å². The smallest absolute Gasteiger partial charge is 0.338 e. The van der Waals surface area contributed by atoms with Gasteiger partial charge in [0, 0.05) is 0 Å². The number of carbonyl (C=O) groups excluding carboxylic acids is 2. The number of carbonyl (C=O) groups is 2. The van der Waals surface area contributed by atoms with Crippen LogP contribution in [0.3, 0.4) is 0 Å². The Morgan fingerprint density at radius 2 is 1.96 bits per heavy atom. The van der Waals surface area contributed by atoms with E-state index in [1.165, 1.54) is 0 Å². The Labute approximate surface area is 151 Å². The summed E-state index contributed by atoms with van der Waals surface area (Å²) in [7, 11) is 0. The van der Waals surface area contributed by atoms with Crippen LogP contribution < -0.4 is 15.4 Å². The van der Waals surface area contributed by atoms with Crippen LogP contribution in [0.1, 0.15) is 36.2 Å². The molecule has 1 aliphatic heterocycles. The first kappa shape index (κ1) is 17.7. The molecule has 0 spiro atoms. The second kappa shape index (κ2) is 7.43. The molecule has 3 rings (SSSR count). The molecule has 7 heteroatoms. The van der Waals surface area contributed by atoms with Crippen molar-refractivity contribution in [2.75, 3.05) is 17.2 Å². The maximum atomic E-state index is 12.7. The highest BCUT2D eigenvalue weighted by Crippen LogP contribution is 2.34. The van der Waals surface area contributed by atoms with E-state index in [-0.39, 0.29) is 11.9 Å². The number of rotatable bonds is 5. The van der Waals surface area contributed by atoms with Crippen molar-refractivity contribution in [1.29, 1.82) is 0 Å². The van der Waals surface area contributed by atoms with Gasteiger partial charge < -0.3 is 15.2 Å². The lowest BCUT2D eigenvalue weighted by Crippen LogP contribution is -2.45. The zero-order chi connectivity index (χ0) is 18.7. The molecular weight excluding hydrogens is 334 g/mol. The standard InChI is InChI=1S/C19H21N3O4/c1-3-14-18(23)22(17-15(26-14)9-10-16(20)21-17)11-12-5-7-13(8-6-12)19(24)25-4-2/h5-10,14H,3-4,11H2,1-2H3,(H2,20,21). The number of ether oxygens (including phenoxy) is 2. The quantitative estimate of drug-likeness (QED) is 0.828. The van der Waals surface area contributed by atoms with E-state index in [0.717, 1.165) is 5.56 Å². The highest BCUT2D eigenvalue weighted by atomic mass is 16.5. The number of pyridine rings is 1. The number of benzene rings is 1. The summed E-state index contributed by atoms with van der Waals surface area (Å²) in [5, 5.41) is 0. The predicted molar refractivity (Wildman–Crippen MR) is 96.9 cm³/mol. The average Bonchev–Trinajstić information content (AvgIpc) is 2.65. The van der Waals surface area contributed by atoms with E-state index >= 15 is 0 Å². The van der Waals surface area contributed by atoms with Gasteiger partial charge in [0.1, 0.15) is 5.82 Å². The summed E-state index contributed by atoms with van der Waals surface area (Å²) in [6, 6.07) is 10.3. The van der Waals surface area contributed by atoms with Gasteiger partial charge in [0.2, 0.25) is 0 Å². The van der Waals surface area contributed by atoms with E-state index in [4.69, 9.17) is 15.2 Å². The minimum atomic E-state index is -0.549. The molecule has 1 aromatic heterocycles. The number of hydrogen-bond donors (Lipinski definition) is 1. The molecule has 2 aromatic rings. The van der Waals surface area contributed by atoms with Crippen LogP contribution in [0.2, 0.25) is 0 Å². The van der Waals surface area contributed by atoms with Crippen LogP contribution in [-0.4, -0.2) is 29.6 Å². The minimum Gasteiger partial charge on any atom is -0.477 e. The Bertz CT molecular complexity index is 820. The van der Waals surface area contributed by atoms with Crippen molar-refractivity contribution in [2.45, 2.75) is 32.9 Å². The Kier molecular flexibility index (Phi) is 5.06. The molecule has 7 nitrogen and oxygen atoms in total. The summed E-state index contributed by atoms with van der Waals surface area (Å²) >= 11 is 0. The molecule has 0 aliphatic carbocycles. The fourth-order valence-electron chi connectivity index (χ4n) is 2.77. The van der Waals surface area contributed by atoms with E-state index in [0.29, 0.717) is 42.5 Å². The summed E-state index contributed by atoms with van der Waals surface area (Å²) in [6.07, 6.45) is 0.00717.